The van der Waals surface area contributed by atoms with E-state index in [9.17, 15) is 4.79 Å². The average molecular weight is 320 g/mol. The Balaban J connectivity index is 1.36. The van der Waals surface area contributed by atoms with Crippen molar-refractivity contribution < 1.29 is 9.32 Å². The normalized spacial score (nSPS) is 14.2. The summed E-state index contributed by atoms with van der Waals surface area (Å²) in [5, 5.41) is 6.89. The molecule has 0 bridgehead atoms. The predicted octanol–water partition coefficient (Wildman–Crippen LogP) is 3.37. The smallest absolute Gasteiger partial charge is 0.321 e. The molecule has 3 aromatic rings. The predicted molar refractivity (Wildman–Crippen MR) is 89.5 cm³/mol. The molecule has 2 amide bonds. The SMILES string of the molecule is O=C(Nc1ccccc1)N1CC(c2nc(-c3ccccc3)no2)C1. The van der Waals surface area contributed by atoms with Crippen LogP contribution in [-0.4, -0.2) is 34.2 Å². The lowest BCUT2D eigenvalue weighted by atomic mass is 10.0. The zero-order chi connectivity index (χ0) is 16.4. The number of rotatable bonds is 3. The summed E-state index contributed by atoms with van der Waals surface area (Å²) in [6, 6.07) is 19.0. The van der Waals surface area contributed by atoms with Gasteiger partial charge < -0.3 is 14.7 Å². The lowest BCUT2D eigenvalue weighted by Crippen LogP contribution is -2.50. The highest BCUT2D eigenvalue weighted by Crippen LogP contribution is 2.28. The molecule has 2 heterocycles. The van der Waals surface area contributed by atoms with Crippen molar-refractivity contribution >= 4 is 11.7 Å². The molecule has 1 aliphatic rings. The molecule has 1 aromatic heterocycles. The molecule has 0 saturated carbocycles. The van der Waals surface area contributed by atoms with Crippen LogP contribution in [0, 0.1) is 0 Å². The summed E-state index contributed by atoms with van der Waals surface area (Å²) in [6.45, 7) is 1.16. The molecule has 4 rings (SSSR count). The van der Waals surface area contributed by atoms with Crippen LogP contribution in [0.25, 0.3) is 11.4 Å². The van der Waals surface area contributed by atoms with Crippen molar-refractivity contribution in [1.29, 1.82) is 0 Å². The maximum Gasteiger partial charge on any atom is 0.321 e. The lowest BCUT2D eigenvalue weighted by molar-refractivity contribution is 0.147. The third-order valence-electron chi connectivity index (χ3n) is 4.02. The van der Waals surface area contributed by atoms with Gasteiger partial charge in [-0.15, -0.1) is 0 Å². The van der Waals surface area contributed by atoms with Crippen LogP contribution in [0.5, 0.6) is 0 Å². The number of anilines is 1. The van der Waals surface area contributed by atoms with Gasteiger partial charge in [0.15, 0.2) is 0 Å². The molecule has 1 fully saturated rings. The maximum absolute atomic E-state index is 12.1. The first-order chi connectivity index (χ1) is 11.8. The number of nitrogens with zero attached hydrogens (tertiary/aromatic N) is 3. The first-order valence-corrected chi connectivity index (χ1v) is 7.79. The summed E-state index contributed by atoms with van der Waals surface area (Å²) in [6.07, 6.45) is 0. The van der Waals surface area contributed by atoms with Crippen LogP contribution in [0.1, 0.15) is 11.8 Å². The van der Waals surface area contributed by atoms with Gasteiger partial charge in [-0.1, -0.05) is 53.7 Å². The number of carbonyl (C=O) groups is 1. The molecular formula is C18H16N4O2. The number of para-hydroxylation sites is 1. The fourth-order valence-corrected chi connectivity index (χ4v) is 2.63. The second-order valence-corrected chi connectivity index (χ2v) is 5.72. The van der Waals surface area contributed by atoms with Crippen molar-refractivity contribution in [3.63, 3.8) is 0 Å². The highest BCUT2D eigenvalue weighted by molar-refractivity contribution is 5.89. The summed E-state index contributed by atoms with van der Waals surface area (Å²) in [5.41, 5.74) is 1.71. The number of urea groups is 1. The fourth-order valence-electron chi connectivity index (χ4n) is 2.63. The quantitative estimate of drug-likeness (QED) is 0.803. The van der Waals surface area contributed by atoms with Gasteiger partial charge in [0.25, 0.3) is 0 Å². The minimum Gasteiger partial charge on any atom is -0.339 e. The van der Waals surface area contributed by atoms with Crippen LogP contribution in [0.3, 0.4) is 0 Å². The Kier molecular flexibility index (Phi) is 3.70. The maximum atomic E-state index is 12.1. The molecule has 6 nitrogen and oxygen atoms in total. The van der Waals surface area contributed by atoms with E-state index < -0.39 is 0 Å². The standard InChI is InChI=1S/C18H16N4O2/c23-18(19-15-9-5-2-6-10-15)22-11-14(12-22)17-20-16(21-24-17)13-7-3-1-4-8-13/h1-10,14H,11-12H2,(H,19,23). The molecule has 2 aromatic carbocycles. The molecule has 0 unspecified atom stereocenters. The Bertz CT molecular complexity index is 826. The Morgan fingerprint density at radius 3 is 2.42 bits per heavy atom. The highest BCUT2D eigenvalue weighted by Gasteiger charge is 2.35. The van der Waals surface area contributed by atoms with E-state index in [4.69, 9.17) is 4.52 Å². The van der Waals surface area contributed by atoms with Crippen molar-refractivity contribution in [2.75, 3.05) is 18.4 Å². The molecular weight excluding hydrogens is 304 g/mol. The van der Waals surface area contributed by atoms with Gasteiger partial charge in [-0.3, -0.25) is 0 Å². The Morgan fingerprint density at radius 2 is 1.71 bits per heavy atom. The molecule has 120 valence electrons. The number of amides is 2. The minimum absolute atomic E-state index is 0.0940. The number of hydrogen-bond acceptors (Lipinski definition) is 4. The third-order valence-corrected chi connectivity index (χ3v) is 4.02. The summed E-state index contributed by atoms with van der Waals surface area (Å²) in [4.78, 5) is 18.3. The Hall–Kier alpha value is -3.15. The van der Waals surface area contributed by atoms with Crippen molar-refractivity contribution in [3.8, 4) is 11.4 Å². The number of carbonyl (C=O) groups excluding carboxylic acids is 1. The van der Waals surface area contributed by atoms with E-state index in [1.807, 2.05) is 60.7 Å². The van der Waals surface area contributed by atoms with Crippen LogP contribution in [0.2, 0.25) is 0 Å². The van der Waals surface area contributed by atoms with E-state index >= 15 is 0 Å². The van der Waals surface area contributed by atoms with E-state index in [2.05, 4.69) is 15.5 Å². The van der Waals surface area contributed by atoms with E-state index in [1.165, 1.54) is 0 Å². The van der Waals surface area contributed by atoms with Crippen molar-refractivity contribution in [3.05, 3.63) is 66.6 Å². The summed E-state index contributed by atoms with van der Waals surface area (Å²) in [7, 11) is 0. The zero-order valence-corrected chi connectivity index (χ0v) is 12.9. The average Bonchev–Trinajstić information content (AvgIpc) is 3.05. The van der Waals surface area contributed by atoms with Gasteiger partial charge in [0.2, 0.25) is 11.7 Å². The Morgan fingerprint density at radius 1 is 1.04 bits per heavy atom. The van der Waals surface area contributed by atoms with Gasteiger partial charge >= 0.3 is 6.03 Å². The van der Waals surface area contributed by atoms with Crippen LogP contribution >= 0.6 is 0 Å². The van der Waals surface area contributed by atoms with Crippen molar-refractivity contribution in [1.82, 2.24) is 15.0 Å². The molecule has 1 N–H and O–H groups in total. The number of hydrogen-bond donors (Lipinski definition) is 1. The molecule has 0 spiro atoms. The fraction of sp³-hybridized carbons (Fsp3) is 0.167. The van der Waals surface area contributed by atoms with E-state index in [-0.39, 0.29) is 11.9 Å². The van der Waals surface area contributed by atoms with Gasteiger partial charge in [0.05, 0.1) is 5.92 Å². The van der Waals surface area contributed by atoms with Crippen molar-refractivity contribution in [2.24, 2.45) is 0 Å². The van der Waals surface area contributed by atoms with Crippen LogP contribution in [0.15, 0.2) is 65.2 Å². The zero-order valence-electron chi connectivity index (χ0n) is 12.9. The molecule has 6 heteroatoms. The summed E-state index contributed by atoms with van der Waals surface area (Å²) in [5.74, 6) is 1.26. The first-order valence-electron chi connectivity index (χ1n) is 7.79. The van der Waals surface area contributed by atoms with Crippen molar-refractivity contribution in [2.45, 2.75) is 5.92 Å². The molecule has 1 saturated heterocycles. The number of likely N-dealkylation sites (tertiary alicyclic amines) is 1. The van der Waals surface area contributed by atoms with E-state index in [0.29, 0.717) is 24.8 Å². The molecule has 0 aliphatic carbocycles. The topological polar surface area (TPSA) is 71.3 Å². The monoisotopic (exact) mass is 320 g/mol. The minimum atomic E-state index is -0.111. The molecule has 0 atom stereocenters. The molecule has 24 heavy (non-hydrogen) atoms. The molecule has 1 aliphatic heterocycles. The molecule has 0 radical (unpaired) electrons. The van der Waals surface area contributed by atoms with Gasteiger partial charge in [0.1, 0.15) is 0 Å². The highest BCUT2D eigenvalue weighted by atomic mass is 16.5. The lowest BCUT2D eigenvalue weighted by Gasteiger charge is -2.36. The number of nitrogens with one attached hydrogen (secondary N) is 1. The van der Waals surface area contributed by atoms with Gasteiger partial charge in [-0.2, -0.15) is 4.98 Å². The first kappa shape index (κ1) is 14.4. The van der Waals surface area contributed by atoms with Crippen LogP contribution in [-0.2, 0) is 0 Å². The summed E-state index contributed by atoms with van der Waals surface area (Å²) >= 11 is 0. The number of aromatic nitrogens is 2. The van der Waals surface area contributed by atoms with Gasteiger partial charge in [0, 0.05) is 24.3 Å². The summed E-state index contributed by atoms with van der Waals surface area (Å²) < 4.78 is 5.35. The number of benzene rings is 2. The van der Waals surface area contributed by atoms with E-state index in [0.717, 1.165) is 11.3 Å². The largest absolute Gasteiger partial charge is 0.339 e. The van der Waals surface area contributed by atoms with Crippen LogP contribution in [0.4, 0.5) is 10.5 Å². The second-order valence-electron chi connectivity index (χ2n) is 5.72. The van der Waals surface area contributed by atoms with Crippen LogP contribution < -0.4 is 5.32 Å². The van der Waals surface area contributed by atoms with Gasteiger partial charge in [-0.25, -0.2) is 4.79 Å². The second kappa shape index (κ2) is 6.16. The Labute approximate surface area is 139 Å². The third kappa shape index (κ3) is 2.86. The van der Waals surface area contributed by atoms with E-state index in [1.54, 1.807) is 4.90 Å². The van der Waals surface area contributed by atoms with Gasteiger partial charge in [-0.05, 0) is 12.1 Å².